The van der Waals surface area contributed by atoms with Crippen molar-refractivity contribution in [3.63, 3.8) is 0 Å². The molecular weight excluding hydrogens is 513 g/mol. The molecule has 0 aromatic heterocycles. The Kier molecular flexibility index (Phi) is 9.85. The summed E-state index contributed by atoms with van der Waals surface area (Å²) < 4.78 is 40.8. The third kappa shape index (κ3) is 7.82. The van der Waals surface area contributed by atoms with Gasteiger partial charge in [0.2, 0.25) is 21.8 Å². The van der Waals surface area contributed by atoms with Crippen LogP contribution in [0.1, 0.15) is 32.3 Å². The van der Waals surface area contributed by atoms with Gasteiger partial charge in [0.15, 0.2) is 0 Å². The Morgan fingerprint density at radius 2 is 1.76 bits per heavy atom. The van der Waals surface area contributed by atoms with Crippen LogP contribution < -0.4 is 9.62 Å². The number of benzene rings is 2. The molecular formula is C23H29BrFN3O4S. The smallest absolute Gasteiger partial charge is 0.244 e. The molecule has 0 radical (unpaired) electrons. The van der Waals surface area contributed by atoms with Gasteiger partial charge in [-0.05, 0) is 43.2 Å². The fourth-order valence-electron chi connectivity index (χ4n) is 3.15. The minimum atomic E-state index is -3.97. The Morgan fingerprint density at radius 1 is 1.12 bits per heavy atom. The molecule has 0 spiro atoms. The van der Waals surface area contributed by atoms with Crippen LogP contribution in [0.15, 0.2) is 53.0 Å². The maximum atomic E-state index is 14.4. The summed E-state index contributed by atoms with van der Waals surface area (Å²) in [7, 11) is -3.97. The van der Waals surface area contributed by atoms with Gasteiger partial charge in [-0.1, -0.05) is 53.5 Å². The summed E-state index contributed by atoms with van der Waals surface area (Å²) in [6.07, 6.45) is 2.61. The van der Waals surface area contributed by atoms with Gasteiger partial charge in [0.1, 0.15) is 18.4 Å². The maximum Gasteiger partial charge on any atom is 0.244 e. The molecule has 0 fully saturated rings. The van der Waals surface area contributed by atoms with Gasteiger partial charge >= 0.3 is 0 Å². The molecule has 0 saturated heterocycles. The number of hydrogen-bond donors (Lipinski definition) is 1. The number of rotatable bonds is 11. The van der Waals surface area contributed by atoms with Crippen molar-refractivity contribution >= 4 is 43.5 Å². The third-order valence-corrected chi connectivity index (χ3v) is 6.72. The number of hydrogen-bond acceptors (Lipinski definition) is 4. The molecule has 2 rings (SSSR count). The van der Waals surface area contributed by atoms with Crippen molar-refractivity contribution in [2.24, 2.45) is 0 Å². The standard InChI is InChI=1S/C23H29BrFN3O4S/c1-4-5-14-26-23(30)17(2)27(15-18-10-12-19(24)13-11-18)22(29)16-28(33(3,31)32)21-9-7-6-8-20(21)25/h6-13,17H,4-5,14-16H2,1-3H3,(H,26,30)/t17-/m1/s1. The Morgan fingerprint density at radius 3 is 2.33 bits per heavy atom. The number of nitrogens with one attached hydrogen (secondary N) is 1. The van der Waals surface area contributed by atoms with Crippen LogP contribution in [0.2, 0.25) is 0 Å². The van der Waals surface area contributed by atoms with E-state index in [1.807, 2.05) is 19.1 Å². The van der Waals surface area contributed by atoms with E-state index in [-0.39, 0.29) is 18.1 Å². The first-order valence-corrected chi connectivity index (χ1v) is 13.2. The predicted octanol–water partition coefficient (Wildman–Crippen LogP) is 3.69. The van der Waals surface area contributed by atoms with Crippen LogP contribution in [-0.4, -0.2) is 50.5 Å². The first kappa shape index (κ1) is 26.8. The molecule has 0 aliphatic rings. The average molecular weight is 542 g/mol. The topological polar surface area (TPSA) is 86.8 Å². The molecule has 0 saturated carbocycles. The van der Waals surface area contributed by atoms with Crippen molar-refractivity contribution < 1.29 is 22.4 Å². The zero-order valence-electron chi connectivity index (χ0n) is 18.9. The number of carbonyl (C=O) groups is 2. The van der Waals surface area contributed by atoms with Crippen LogP contribution in [0.25, 0.3) is 0 Å². The molecule has 33 heavy (non-hydrogen) atoms. The highest BCUT2D eigenvalue weighted by Crippen LogP contribution is 2.22. The van der Waals surface area contributed by atoms with Gasteiger partial charge in [-0.25, -0.2) is 12.8 Å². The monoisotopic (exact) mass is 541 g/mol. The van der Waals surface area contributed by atoms with Crippen LogP contribution in [0, 0.1) is 5.82 Å². The van der Waals surface area contributed by atoms with Crippen LogP contribution >= 0.6 is 15.9 Å². The molecule has 2 aromatic carbocycles. The first-order valence-electron chi connectivity index (χ1n) is 10.6. The lowest BCUT2D eigenvalue weighted by Gasteiger charge is -2.31. The fourth-order valence-corrected chi connectivity index (χ4v) is 4.27. The number of para-hydroxylation sites is 1. The molecule has 0 heterocycles. The van der Waals surface area contributed by atoms with Crippen molar-refractivity contribution in [3.8, 4) is 0 Å². The zero-order valence-corrected chi connectivity index (χ0v) is 21.3. The summed E-state index contributed by atoms with van der Waals surface area (Å²) in [5, 5.41) is 2.81. The summed E-state index contributed by atoms with van der Waals surface area (Å²) in [5.41, 5.74) is 0.536. The summed E-state index contributed by atoms with van der Waals surface area (Å²) >= 11 is 3.36. The van der Waals surface area contributed by atoms with Crippen LogP contribution in [0.5, 0.6) is 0 Å². The van der Waals surface area contributed by atoms with Crippen LogP contribution in [-0.2, 0) is 26.2 Å². The van der Waals surface area contributed by atoms with E-state index in [9.17, 15) is 22.4 Å². The van der Waals surface area contributed by atoms with Crippen LogP contribution in [0.3, 0.4) is 0 Å². The highest BCUT2D eigenvalue weighted by Gasteiger charge is 2.30. The van der Waals surface area contributed by atoms with E-state index in [4.69, 9.17) is 0 Å². The Bertz CT molecular complexity index is 1060. The van der Waals surface area contributed by atoms with Gasteiger partial charge in [-0.3, -0.25) is 13.9 Å². The second-order valence-electron chi connectivity index (χ2n) is 7.69. The van der Waals surface area contributed by atoms with E-state index in [0.717, 1.165) is 39.5 Å². The molecule has 0 aliphatic heterocycles. The molecule has 2 aromatic rings. The number of nitrogens with zero attached hydrogens (tertiary/aromatic N) is 2. The second kappa shape index (κ2) is 12.1. The van der Waals surface area contributed by atoms with Crippen molar-refractivity contribution in [3.05, 3.63) is 64.4 Å². The van der Waals surface area contributed by atoms with E-state index in [1.54, 1.807) is 19.1 Å². The molecule has 10 heteroatoms. The number of halogens is 2. The first-order chi connectivity index (χ1) is 15.5. The molecule has 0 aliphatic carbocycles. The van der Waals surface area contributed by atoms with Gasteiger partial charge in [0.25, 0.3) is 0 Å². The van der Waals surface area contributed by atoms with Crippen molar-refractivity contribution in [2.45, 2.75) is 39.3 Å². The number of carbonyl (C=O) groups excluding carboxylic acids is 2. The Balaban J connectivity index is 2.34. The normalized spacial score (nSPS) is 12.2. The molecule has 1 atom stereocenters. The number of amides is 2. The SMILES string of the molecule is CCCCNC(=O)[C@@H](C)N(Cc1ccc(Br)cc1)C(=O)CN(c1ccccc1F)S(C)(=O)=O. The highest BCUT2D eigenvalue weighted by molar-refractivity contribution is 9.10. The van der Waals surface area contributed by atoms with Gasteiger partial charge < -0.3 is 10.2 Å². The Hall–Kier alpha value is -2.46. The second-order valence-corrected chi connectivity index (χ2v) is 10.5. The summed E-state index contributed by atoms with van der Waals surface area (Å²) in [5.74, 6) is -1.73. The van der Waals surface area contributed by atoms with E-state index in [0.29, 0.717) is 6.54 Å². The van der Waals surface area contributed by atoms with Crippen molar-refractivity contribution in [1.29, 1.82) is 0 Å². The zero-order chi connectivity index (χ0) is 24.6. The van der Waals surface area contributed by atoms with Gasteiger partial charge in [0.05, 0.1) is 11.9 Å². The quantitative estimate of drug-likeness (QED) is 0.439. The van der Waals surface area contributed by atoms with Gasteiger partial charge in [0, 0.05) is 17.6 Å². The van der Waals surface area contributed by atoms with Crippen molar-refractivity contribution in [2.75, 3.05) is 23.7 Å². The number of unbranched alkanes of at least 4 members (excludes halogenated alkanes) is 1. The van der Waals surface area contributed by atoms with E-state index in [2.05, 4.69) is 21.2 Å². The minimum Gasteiger partial charge on any atom is -0.354 e. The third-order valence-electron chi connectivity index (χ3n) is 5.06. The lowest BCUT2D eigenvalue weighted by molar-refractivity contribution is -0.139. The molecule has 7 nitrogen and oxygen atoms in total. The van der Waals surface area contributed by atoms with Crippen LogP contribution in [0.4, 0.5) is 10.1 Å². The molecule has 0 unspecified atom stereocenters. The fraction of sp³-hybridized carbons (Fsp3) is 0.391. The predicted molar refractivity (Wildman–Crippen MR) is 131 cm³/mol. The molecule has 0 bridgehead atoms. The number of anilines is 1. The lowest BCUT2D eigenvalue weighted by Crippen LogP contribution is -2.51. The van der Waals surface area contributed by atoms with Crippen molar-refractivity contribution in [1.82, 2.24) is 10.2 Å². The van der Waals surface area contributed by atoms with E-state index in [1.165, 1.54) is 23.1 Å². The largest absolute Gasteiger partial charge is 0.354 e. The summed E-state index contributed by atoms with van der Waals surface area (Å²) in [6, 6.07) is 11.7. The van der Waals surface area contributed by atoms with E-state index < -0.39 is 34.3 Å². The summed E-state index contributed by atoms with van der Waals surface area (Å²) in [4.78, 5) is 27.4. The maximum absolute atomic E-state index is 14.4. The molecule has 2 amide bonds. The van der Waals surface area contributed by atoms with Gasteiger partial charge in [-0.2, -0.15) is 0 Å². The average Bonchev–Trinajstić information content (AvgIpc) is 2.76. The highest BCUT2D eigenvalue weighted by atomic mass is 79.9. The molecule has 180 valence electrons. The molecule has 1 N–H and O–H groups in total. The Labute approximate surface area is 203 Å². The van der Waals surface area contributed by atoms with Gasteiger partial charge in [-0.15, -0.1) is 0 Å². The van der Waals surface area contributed by atoms with E-state index >= 15 is 0 Å². The minimum absolute atomic E-state index is 0.0867. The summed E-state index contributed by atoms with van der Waals surface area (Å²) in [6.45, 7) is 3.52. The number of sulfonamides is 1. The lowest BCUT2D eigenvalue weighted by atomic mass is 10.1.